The summed E-state index contributed by atoms with van der Waals surface area (Å²) in [6, 6.07) is 15.8. The van der Waals surface area contributed by atoms with Gasteiger partial charge in [-0.2, -0.15) is 0 Å². The van der Waals surface area contributed by atoms with E-state index in [2.05, 4.69) is 15.2 Å². The summed E-state index contributed by atoms with van der Waals surface area (Å²) in [5.41, 5.74) is 4.26. The highest BCUT2D eigenvalue weighted by molar-refractivity contribution is 5.96. The number of nitrogens with one attached hydrogen (secondary N) is 2. The molecule has 0 radical (unpaired) electrons. The van der Waals surface area contributed by atoms with Crippen LogP contribution in [0.3, 0.4) is 0 Å². The van der Waals surface area contributed by atoms with Crippen LogP contribution in [0.2, 0.25) is 0 Å². The van der Waals surface area contributed by atoms with Gasteiger partial charge in [-0.25, -0.2) is 4.79 Å². The van der Waals surface area contributed by atoms with Crippen LogP contribution in [-0.4, -0.2) is 55.2 Å². The molecule has 2 aliphatic rings. The average Bonchev–Trinajstić information content (AvgIpc) is 3.37. The SMILES string of the molecule is CCOC(=O)c1ccc2[nH]c3c(c2c1)CCN[C@@]31CCN(CCOc2ccccc2)C1. The number of carbonyl (C=O) groups excluding carboxylic acids is 1. The second-order valence-corrected chi connectivity index (χ2v) is 8.41. The number of hydrogen-bond acceptors (Lipinski definition) is 5. The summed E-state index contributed by atoms with van der Waals surface area (Å²) in [6.07, 6.45) is 2.02. The second kappa shape index (κ2) is 8.36. The van der Waals surface area contributed by atoms with Crippen LogP contribution >= 0.6 is 0 Å². The van der Waals surface area contributed by atoms with Gasteiger partial charge in [0.25, 0.3) is 0 Å². The molecule has 1 spiro atoms. The predicted octanol–water partition coefficient (Wildman–Crippen LogP) is 3.47. The molecule has 1 aromatic heterocycles. The summed E-state index contributed by atoms with van der Waals surface area (Å²) in [4.78, 5) is 18.4. The van der Waals surface area contributed by atoms with Gasteiger partial charge in [0, 0.05) is 42.8 Å². The standard InChI is InChI=1S/C25H29N3O3/c1-2-30-24(29)18-8-9-22-21(16-18)20-10-12-26-25(23(20)27-22)11-13-28(17-25)14-15-31-19-6-4-3-5-7-19/h3-9,16,26-27H,2,10-15,17H2,1H3/t25-/m1/s1. The van der Waals surface area contributed by atoms with E-state index in [0.29, 0.717) is 18.8 Å². The number of likely N-dealkylation sites (tertiary alicyclic amines) is 1. The second-order valence-electron chi connectivity index (χ2n) is 8.41. The van der Waals surface area contributed by atoms with Crippen molar-refractivity contribution in [2.45, 2.75) is 25.3 Å². The van der Waals surface area contributed by atoms with E-state index in [9.17, 15) is 4.79 Å². The number of hydrogen-bond donors (Lipinski definition) is 2. The van der Waals surface area contributed by atoms with Crippen LogP contribution in [0.25, 0.3) is 10.9 Å². The van der Waals surface area contributed by atoms with E-state index in [1.807, 2.05) is 55.5 Å². The summed E-state index contributed by atoms with van der Waals surface area (Å²) < 4.78 is 11.1. The van der Waals surface area contributed by atoms with Gasteiger partial charge in [0.2, 0.25) is 0 Å². The zero-order valence-electron chi connectivity index (χ0n) is 17.9. The first kappa shape index (κ1) is 20.1. The zero-order chi connectivity index (χ0) is 21.3. The number of para-hydroxylation sites is 1. The van der Waals surface area contributed by atoms with Gasteiger partial charge in [0.15, 0.2) is 0 Å². The molecule has 0 amide bonds. The lowest BCUT2D eigenvalue weighted by Crippen LogP contribution is -2.49. The van der Waals surface area contributed by atoms with Gasteiger partial charge in [-0.3, -0.25) is 4.90 Å². The van der Waals surface area contributed by atoms with Crippen molar-refractivity contribution in [3.63, 3.8) is 0 Å². The molecule has 6 heteroatoms. The maximum atomic E-state index is 12.2. The van der Waals surface area contributed by atoms with E-state index < -0.39 is 0 Å². The van der Waals surface area contributed by atoms with Crippen LogP contribution in [0.4, 0.5) is 0 Å². The van der Waals surface area contributed by atoms with Gasteiger partial charge in [-0.15, -0.1) is 0 Å². The number of H-pyrrole nitrogens is 1. The molecule has 31 heavy (non-hydrogen) atoms. The third-order valence-corrected chi connectivity index (χ3v) is 6.50. The summed E-state index contributed by atoms with van der Waals surface area (Å²) in [5.74, 6) is 0.663. The van der Waals surface area contributed by atoms with E-state index in [1.54, 1.807) is 0 Å². The molecule has 1 fully saturated rings. The summed E-state index contributed by atoms with van der Waals surface area (Å²) >= 11 is 0. The van der Waals surface area contributed by atoms with Crippen LogP contribution in [0, 0.1) is 0 Å². The van der Waals surface area contributed by atoms with E-state index in [0.717, 1.165) is 55.7 Å². The molecule has 1 saturated heterocycles. The molecule has 3 aromatic rings. The molecular weight excluding hydrogens is 390 g/mol. The minimum absolute atomic E-state index is 0.0660. The summed E-state index contributed by atoms with van der Waals surface area (Å²) in [5, 5.41) is 4.95. The molecule has 5 rings (SSSR count). The predicted molar refractivity (Wildman–Crippen MR) is 121 cm³/mol. The molecule has 3 heterocycles. The van der Waals surface area contributed by atoms with Crippen molar-refractivity contribution in [1.29, 1.82) is 0 Å². The Balaban J connectivity index is 1.33. The molecule has 0 aliphatic carbocycles. The lowest BCUT2D eigenvalue weighted by Gasteiger charge is -2.35. The first-order valence-corrected chi connectivity index (χ1v) is 11.2. The van der Waals surface area contributed by atoms with Gasteiger partial charge in [-0.1, -0.05) is 18.2 Å². The van der Waals surface area contributed by atoms with Gasteiger partial charge in [0.05, 0.1) is 17.7 Å². The monoisotopic (exact) mass is 419 g/mol. The largest absolute Gasteiger partial charge is 0.492 e. The Morgan fingerprint density at radius 2 is 2.06 bits per heavy atom. The molecule has 1 atom stereocenters. The highest BCUT2D eigenvalue weighted by atomic mass is 16.5. The first-order valence-electron chi connectivity index (χ1n) is 11.2. The highest BCUT2D eigenvalue weighted by Gasteiger charge is 2.44. The molecule has 2 aromatic carbocycles. The molecule has 6 nitrogen and oxygen atoms in total. The number of carbonyl (C=O) groups is 1. The quantitative estimate of drug-likeness (QED) is 0.599. The number of fused-ring (bicyclic) bond motifs is 4. The Labute approximate surface area is 182 Å². The maximum Gasteiger partial charge on any atom is 0.338 e. The number of ether oxygens (including phenoxy) is 2. The number of aromatic amines is 1. The van der Waals surface area contributed by atoms with Crippen molar-refractivity contribution >= 4 is 16.9 Å². The van der Waals surface area contributed by atoms with Gasteiger partial charge < -0.3 is 19.8 Å². The normalized spacial score (nSPS) is 20.8. The first-order chi connectivity index (χ1) is 15.2. The number of aromatic nitrogens is 1. The minimum Gasteiger partial charge on any atom is -0.492 e. The Morgan fingerprint density at radius 3 is 2.90 bits per heavy atom. The molecule has 0 bridgehead atoms. The maximum absolute atomic E-state index is 12.2. The number of rotatable bonds is 6. The van der Waals surface area contributed by atoms with E-state index in [4.69, 9.17) is 9.47 Å². The van der Waals surface area contributed by atoms with E-state index >= 15 is 0 Å². The Bertz CT molecular complexity index is 1080. The van der Waals surface area contributed by atoms with E-state index in [1.165, 1.54) is 11.3 Å². The van der Waals surface area contributed by atoms with Crippen LogP contribution in [0.15, 0.2) is 48.5 Å². The highest BCUT2D eigenvalue weighted by Crippen LogP contribution is 2.39. The van der Waals surface area contributed by atoms with Crippen molar-refractivity contribution in [1.82, 2.24) is 15.2 Å². The smallest absolute Gasteiger partial charge is 0.338 e. The van der Waals surface area contributed by atoms with E-state index in [-0.39, 0.29) is 11.5 Å². The average molecular weight is 420 g/mol. The Morgan fingerprint density at radius 1 is 1.19 bits per heavy atom. The zero-order valence-corrected chi connectivity index (χ0v) is 17.9. The Hall–Kier alpha value is -2.83. The fraction of sp³-hybridized carbons (Fsp3) is 0.400. The molecule has 162 valence electrons. The third kappa shape index (κ3) is 3.82. The van der Waals surface area contributed by atoms with Crippen molar-refractivity contribution in [3.8, 4) is 5.75 Å². The lowest BCUT2D eigenvalue weighted by atomic mass is 9.86. The summed E-state index contributed by atoms with van der Waals surface area (Å²) in [7, 11) is 0. The number of benzene rings is 2. The van der Waals surface area contributed by atoms with Crippen molar-refractivity contribution in [2.75, 3.05) is 39.4 Å². The van der Waals surface area contributed by atoms with Gasteiger partial charge in [-0.05, 0) is 55.7 Å². The Kier molecular flexibility index (Phi) is 5.42. The molecule has 2 N–H and O–H groups in total. The topological polar surface area (TPSA) is 66.6 Å². The van der Waals surface area contributed by atoms with Crippen molar-refractivity contribution < 1.29 is 14.3 Å². The molecular formula is C25H29N3O3. The third-order valence-electron chi connectivity index (χ3n) is 6.50. The van der Waals surface area contributed by atoms with Gasteiger partial charge in [0.1, 0.15) is 12.4 Å². The van der Waals surface area contributed by atoms with Crippen LogP contribution in [0.5, 0.6) is 5.75 Å². The fourth-order valence-electron chi connectivity index (χ4n) is 5.01. The van der Waals surface area contributed by atoms with Crippen molar-refractivity contribution in [3.05, 3.63) is 65.4 Å². The number of esters is 1. The fourth-order valence-corrected chi connectivity index (χ4v) is 5.01. The lowest BCUT2D eigenvalue weighted by molar-refractivity contribution is 0.0526. The van der Waals surface area contributed by atoms with Crippen molar-refractivity contribution in [2.24, 2.45) is 0 Å². The van der Waals surface area contributed by atoms with Crippen LogP contribution < -0.4 is 10.1 Å². The van der Waals surface area contributed by atoms with Crippen LogP contribution in [0.1, 0.15) is 35.0 Å². The molecule has 2 aliphatic heterocycles. The van der Waals surface area contributed by atoms with Gasteiger partial charge >= 0.3 is 5.97 Å². The minimum atomic E-state index is -0.256. The number of nitrogens with zero attached hydrogens (tertiary/aromatic N) is 1. The molecule has 0 saturated carbocycles. The molecule has 0 unspecified atom stereocenters. The van der Waals surface area contributed by atoms with Crippen LogP contribution in [-0.2, 0) is 16.7 Å². The summed E-state index contributed by atoms with van der Waals surface area (Å²) in [6.45, 7) is 6.74.